The number of hydrogen-bond acceptors (Lipinski definition) is 2. The van der Waals surface area contributed by atoms with Crippen molar-refractivity contribution < 1.29 is 15.0 Å². The molecule has 0 aromatic carbocycles. The van der Waals surface area contributed by atoms with Crippen molar-refractivity contribution in [2.45, 2.75) is 58.0 Å². The number of carboxylic acids is 1. The second-order valence-electron chi connectivity index (χ2n) is 6.36. The third kappa shape index (κ3) is 2.65. The highest BCUT2D eigenvalue weighted by Crippen LogP contribution is 2.49. The number of carbonyl (C=O) groups is 1. The van der Waals surface area contributed by atoms with Crippen LogP contribution in [-0.4, -0.2) is 21.8 Å². The first kappa shape index (κ1) is 12.9. The third-order valence-corrected chi connectivity index (χ3v) is 4.60. The van der Waals surface area contributed by atoms with Crippen molar-refractivity contribution in [3.63, 3.8) is 0 Å². The van der Waals surface area contributed by atoms with Gasteiger partial charge in [-0.1, -0.05) is 20.3 Å². The minimum absolute atomic E-state index is 0.00421. The minimum Gasteiger partial charge on any atom is -0.481 e. The van der Waals surface area contributed by atoms with E-state index in [1.165, 1.54) is 19.3 Å². The molecule has 0 bridgehead atoms. The van der Waals surface area contributed by atoms with E-state index in [9.17, 15) is 15.0 Å². The molecular weight excluding hydrogens is 216 g/mol. The molecule has 0 radical (unpaired) electrons. The van der Waals surface area contributed by atoms with Crippen LogP contribution in [0.1, 0.15) is 52.4 Å². The van der Waals surface area contributed by atoms with E-state index in [1.807, 2.05) is 13.8 Å². The SMILES string of the molecule is CC(C)C(C(=O)O)C1(O)CCCC(C2CC2)C1. The molecule has 2 N–H and O–H groups in total. The molecule has 0 saturated heterocycles. The number of aliphatic hydroxyl groups is 1. The summed E-state index contributed by atoms with van der Waals surface area (Å²) >= 11 is 0. The maximum Gasteiger partial charge on any atom is 0.309 e. The Morgan fingerprint density at radius 3 is 2.35 bits per heavy atom. The van der Waals surface area contributed by atoms with E-state index in [2.05, 4.69) is 0 Å². The lowest BCUT2D eigenvalue weighted by Crippen LogP contribution is -2.48. The van der Waals surface area contributed by atoms with Gasteiger partial charge in [-0.15, -0.1) is 0 Å². The smallest absolute Gasteiger partial charge is 0.309 e. The van der Waals surface area contributed by atoms with Crippen LogP contribution in [0, 0.1) is 23.7 Å². The Balaban J connectivity index is 2.11. The fourth-order valence-electron chi connectivity index (χ4n) is 3.72. The summed E-state index contributed by atoms with van der Waals surface area (Å²) in [6.07, 6.45) is 6.07. The van der Waals surface area contributed by atoms with Crippen molar-refractivity contribution >= 4 is 5.97 Å². The maximum absolute atomic E-state index is 11.4. The quantitative estimate of drug-likeness (QED) is 0.794. The van der Waals surface area contributed by atoms with E-state index in [0.29, 0.717) is 18.8 Å². The van der Waals surface area contributed by atoms with E-state index in [0.717, 1.165) is 12.3 Å². The second kappa shape index (κ2) is 4.60. The highest BCUT2D eigenvalue weighted by atomic mass is 16.4. The highest BCUT2D eigenvalue weighted by Gasteiger charge is 2.48. The van der Waals surface area contributed by atoms with Crippen LogP contribution in [0.4, 0.5) is 0 Å². The Labute approximate surface area is 103 Å². The van der Waals surface area contributed by atoms with Crippen LogP contribution in [0.15, 0.2) is 0 Å². The van der Waals surface area contributed by atoms with Crippen LogP contribution in [0.25, 0.3) is 0 Å². The van der Waals surface area contributed by atoms with Crippen molar-refractivity contribution in [2.75, 3.05) is 0 Å². The standard InChI is InChI=1S/C14H24O3/c1-9(2)12(13(15)16)14(17)7-3-4-11(8-14)10-5-6-10/h9-12,17H,3-8H2,1-2H3,(H,15,16). The molecule has 0 aliphatic heterocycles. The predicted octanol–water partition coefficient (Wildman–Crippen LogP) is 2.67. The molecule has 0 aromatic heterocycles. The van der Waals surface area contributed by atoms with Gasteiger partial charge in [-0.2, -0.15) is 0 Å². The van der Waals surface area contributed by atoms with Crippen LogP contribution in [0.3, 0.4) is 0 Å². The first-order chi connectivity index (χ1) is 7.94. The number of aliphatic carboxylic acids is 1. The topological polar surface area (TPSA) is 57.5 Å². The maximum atomic E-state index is 11.4. The van der Waals surface area contributed by atoms with Gasteiger partial charge in [0.25, 0.3) is 0 Å². The first-order valence-corrected chi connectivity index (χ1v) is 6.89. The summed E-state index contributed by atoms with van der Waals surface area (Å²) in [5, 5.41) is 20.1. The van der Waals surface area contributed by atoms with Gasteiger partial charge in [-0.3, -0.25) is 4.79 Å². The molecule has 2 saturated carbocycles. The van der Waals surface area contributed by atoms with Gasteiger partial charge in [0.15, 0.2) is 0 Å². The average Bonchev–Trinajstić information content (AvgIpc) is 2.98. The zero-order valence-electron chi connectivity index (χ0n) is 10.9. The van der Waals surface area contributed by atoms with Gasteiger partial charge in [-0.05, 0) is 49.9 Å². The van der Waals surface area contributed by atoms with Crippen LogP contribution in [0.5, 0.6) is 0 Å². The molecule has 98 valence electrons. The zero-order chi connectivity index (χ0) is 12.6. The van der Waals surface area contributed by atoms with Gasteiger partial charge in [0.1, 0.15) is 0 Å². The molecule has 0 amide bonds. The van der Waals surface area contributed by atoms with Crippen molar-refractivity contribution in [2.24, 2.45) is 23.7 Å². The van der Waals surface area contributed by atoms with Gasteiger partial charge in [0.05, 0.1) is 11.5 Å². The van der Waals surface area contributed by atoms with Crippen molar-refractivity contribution in [1.29, 1.82) is 0 Å². The van der Waals surface area contributed by atoms with Crippen LogP contribution >= 0.6 is 0 Å². The monoisotopic (exact) mass is 240 g/mol. The lowest BCUT2D eigenvalue weighted by Gasteiger charge is -2.42. The van der Waals surface area contributed by atoms with E-state index >= 15 is 0 Å². The lowest BCUT2D eigenvalue weighted by atomic mass is 9.67. The van der Waals surface area contributed by atoms with Gasteiger partial charge in [0, 0.05) is 0 Å². The third-order valence-electron chi connectivity index (χ3n) is 4.60. The van der Waals surface area contributed by atoms with Gasteiger partial charge in [-0.25, -0.2) is 0 Å². The lowest BCUT2D eigenvalue weighted by molar-refractivity contribution is -0.161. The minimum atomic E-state index is -0.967. The Hall–Kier alpha value is -0.570. The zero-order valence-corrected chi connectivity index (χ0v) is 10.9. The van der Waals surface area contributed by atoms with Crippen LogP contribution in [0.2, 0.25) is 0 Å². The molecule has 2 aliphatic rings. The molecule has 0 heterocycles. The summed E-state index contributed by atoms with van der Waals surface area (Å²) in [7, 11) is 0. The predicted molar refractivity (Wildman–Crippen MR) is 65.6 cm³/mol. The number of carboxylic acid groups (broad SMARTS) is 1. The van der Waals surface area contributed by atoms with Crippen molar-refractivity contribution in [3.05, 3.63) is 0 Å². The summed E-state index contributed by atoms with van der Waals surface area (Å²) in [4.78, 5) is 11.4. The normalized spacial score (nSPS) is 35.9. The van der Waals surface area contributed by atoms with E-state index in [1.54, 1.807) is 0 Å². The fraction of sp³-hybridized carbons (Fsp3) is 0.929. The van der Waals surface area contributed by atoms with Gasteiger partial charge < -0.3 is 10.2 Å². The molecule has 2 rings (SSSR count). The molecule has 3 nitrogen and oxygen atoms in total. The molecule has 3 atom stereocenters. The summed E-state index contributed by atoms with van der Waals surface area (Å²) in [6.45, 7) is 3.80. The molecule has 0 aromatic rings. The first-order valence-electron chi connectivity index (χ1n) is 6.89. The van der Waals surface area contributed by atoms with Crippen LogP contribution in [-0.2, 0) is 4.79 Å². The van der Waals surface area contributed by atoms with E-state index in [-0.39, 0.29) is 5.92 Å². The largest absolute Gasteiger partial charge is 0.481 e. The molecule has 3 unspecified atom stereocenters. The summed E-state index contributed by atoms with van der Waals surface area (Å²) in [6, 6.07) is 0. The van der Waals surface area contributed by atoms with Gasteiger partial charge in [0.2, 0.25) is 0 Å². The summed E-state index contributed by atoms with van der Waals surface area (Å²) < 4.78 is 0. The Morgan fingerprint density at radius 1 is 1.24 bits per heavy atom. The van der Waals surface area contributed by atoms with Gasteiger partial charge >= 0.3 is 5.97 Å². The van der Waals surface area contributed by atoms with Crippen molar-refractivity contribution in [1.82, 2.24) is 0 Å². The van der Waals surface area contributed by atoms with E-state index in [4.69, 9.17) is 0 Å². The van der Waals surface area contributed by atoms with Crippen molar-refractivity contribution in [3.8, 4) is 0 Å². The molecule has 0 spiro atoms. The fourth-order valence-corrected chi connectivity index (χ4v) is 3.72. The Morgan fingerprint density at radius 2 is 1.88 bits per heavy atom. The average molecular weight is 240 g/mol. The Kier molecular flexibility index (Phi) is 3.48. The molecule has 2 aliphatic carbocycles. The molecule has 17 heavy (non-hydrogen) atoms. The Bertz CT molecular complexity index is 296. The summed E-state index contributed by atoms with van der Waals surface area (Å²) in [5.74, 6) is -0.115. The number of hydrogen-bond donors (Lipinski definition) is 2. The van der Waals surface area contributed by atoms with Crippen LogP contribution < -0.4 is 0 Å². The second-order valence-corrected chi connectivity index (χ2v) is 6.36. The number of rotatable bonds is 4. The molecule has 3 heteroatoms. The summed E-state index contributed by atoms with van der Waals surface area (Å²) in [5.41, 5.74) is -0.967. The molecule has 2 fully saturated rings. The molecular formula is C14H24O3. The highest BCUT2D eigenvalue weighted by molar-refractivity contribution is 5.71. The van der Waals surface area contributed by atoms with E-state index < -0.39 is 17.5 Å².